The van der Waals surface area contributed by atoms with E-state index in [1.54, 1.807) is 26.0 Å². The second-order valence-electron chi connectivity index (χ2n) is 9.09. The van der Waals surface area contributed by atoms with Crippen LogP contribution in [-0.4, -0.2) is 29.0 Å². The van der Waals surface area contributed by atoms with Crippen LogP contribution in [0.1, 0.15) is 69.2 Å². The van der Waals surface area contributed by atoms with E-state index in [-0.39, 0.29) is 10.7 Å². The molecule has 3 aliphatic rings. The first kappa shape index (κ1) is 22.1. The molecule has 166 valence electrons. The van der Waals surface area contributed by atoms with Crippen molar-refractivity contribution in [2.45, 2.75) is 69.4 Å². The largest absolute Gasteiger partial charge is 0.452 e. The van der Waals surface area contributed by atoms with E-state index in [4.69, 9.17) is 9.47 Å². The predicted octanol–water partition coefficient (Wildman–Crippen LogP) is 5.93. The quantitative estimate of drug-likeness (QED) is 0.368. The van der Waals surface area contributed by atoms with Crippen molar-refractivity contribution >= 4 is 33.5 Å². The van der Waals surface area contributed by atoms with Crippen LogP contribution in [-0.2, 0) is 9.53 Å². The number of nitrogens with zero attached hydrogens (tertiary/aromatic N) is 1. The van der Waals surface area contributed by atoms with Gasteiger partial charge in [0.05, 0.1) is 0 Å². The summed E-state index contributed by atoms with van der Waals surface area (Å²) in [4.78, 5) is 27.9. The number of hydrogen-bond acceptors (Lipinski definition) is 4. The fourth-order valence-corrected chi connectivity index (χ4v) is 4.93. The van der Waals surface area contributed by atoms with E-state index in [0.29, 0.717) is 23.4 Å². The number of ether oxygens (including phenoxy) is 2. The molecular weight excluding hydrogens is 458 g/mol. The van der Waals surface area contributed by atoms with Crippen molar-refractivity contribution in [3.05, 3.63) is 47.6 Å². The lowest BCUT2D eigenvalue weighted by molar-refractivity contribution is -0.127. The molecule has 1 aromatic rings. The van der Waals surface area contributed by atoms with E-state index < -0.39 is 11.8 Å². The van der Waals surface area contributed by atoms with Crippen molar-refractivity contribution in [3.63, 3.8) is 0 Å². The number of alkyl halides is 1. The molecule has 1 atom stereocenters. The first-order valence-corrected chi connectivity index (χ1v) is 12.1. The highest BCUT2D eigenvalue weighted by Gasteiger charge is 2.34. The molecule has 1 aliphatic heterocycles. The number of fused-ring (bicyclic) bond motifs is 1. The van der Waals surface area contributed by atoms with Crippen LogP contribution >= 0.6 is 15.9 Å². The third-order valence-corrected chi connectivity index (χ3v) is 6.88. The standard InChI is InChI=1S/C25H30BrNO4/c1-25(2)30-22-16-20(13-14-21(22)24(29)31-25)27(15-5-8-17-6-3-4-7-17)23(28)18-9-11-19(26)12-10-18/h9-11,13-14,16-17,19H,3-8,12,15H2,1-2H3. The van der Waals surface area contributed by atoms with E-state index in [1.165, 1.54) is 25.7 Å². The molecule has 0 aromatic heterocycles. The molecule has 1 aromatic carbocycles. The molecule has 0 spiro atoms. The minimum Gasteiger partial charge on any atom is -0.452 e. The van der Waals surface area contributed by atoms with Crippen molar-refractivity contribution in [3.8, 4) is 5.75 Å². The van der Waals surface area contributed by atoms with Gasteiger partial charge in [0.15, 0.2) is 0 Å². The van der Waals surface area contributed by atoms with Gasteiger partial charge in [-0.25, -0.2) is 4.79 Å². The third-order valence-electron chi connectivity index (χ3n) is 6.20. The lowest BCUT2D eigenvalue weighted by Gasteiger charge is -2.33. The molecular formula is C25H30BrNO4. The molecule has 0 radical (unpaired) electrons. The maximum Gasteiger partial charge on any atom is 0.345 e. The Hall–Kier alpha value is -2.08. The number of amides is 1. The molecule has 0 saturated heterocycles. The van der Waals surface area contributed by atoms with E-state index in [9.17, 15) is 9.59 Å². The smallest absolute Gasteiger partial charge is 0.345 e. The number of carbonyl (C=O) groups excluding carboxylic acids is 2. The highest BCUT2D eigenvalue weighted by Crippen LogP contribution is 2.35. The number of hydrogen-bond donors (Lipinski definition) is 0. The number of benzene rings is 1. The molecule has 1 unspecified atom stereocenters. The van der Waals surface area contributed by atoms with E-state index in [2.05, 4.69) is 15.9 Å². The summed E-state index contributed by atoms with van der Waals surface area (Å²) >= 11 is 3.57. The molecule has 1 fully saturated rings. The van der Waals surface area contributed by atoms with E-state index in [0.717, 1.165) is 30.9 Å². The molecule has 0 bridgehead atoms. The second-order valence-corrected chi connectivity index (χ2v) is 10.3. The van der Waals surface area contributed by atoms with Gasteiger partial charge in [-0.05, 0) is 37.3 Å². The summed E-state index contributed by atoms with van der Waals surface area (Å²) in [5, 5.41) is 0. The van der Waals surface area contributed by atoms with Crippen LogP contribution in [0.3, 0.4) is 0 Å². The molecule has 1 amide bonds. The topological polar surface area (TPSA) is 55.8 Å². The molecule has 0 N–H and O–H groups in total. The number of cyclic esters (lactones) is 1. The summed E-state index contributed by atoms with van der Waals surface area (Å²) < 4.78 is 11.2. The zero-order valence-corrected chi connectivity index (χ0v) is 19.8. The lowest BCUT2D eigenvalue weighted by atomic mass is 10.0. The highest BCUT2D eigenvalue weighted by molar-refractivity contribution is 9.09. The Morgan fingerprint density at radius 2 is 2.00 bits per heavy atom. The van der Waals surface area contributed by atoms with Gasteiger partial charge in [0.25, 0.3) is 5.91 Å². The fourth-order valence-electron chi connectivity index (χ4n) is 4.59. The molecule has 1 heterocycles. The maximum absolute atomic E-state index is 13.5. The number of rotatable bonds is 6. The zero-order valence-electron chi connectivity index (χ0n) is 18.2. The minimum atomic E-state index is -1.03. The molecule has 4 rings (SSSR count). The number of halogens is 1. The third kappa shape index (κ3) is 5.22. The van der Waals surface area contributed by atoms with Gasteiger partial charge in [-0.1, -0.05) is 59.8 Å². The fraction of sp³-hybridized carbons (Fsp3) is 0.520. The van der Waals surface area contributed by atoms with Gasteiger partial charge in [0.1, 0.15) is 11.3 Å². The number of anilines is 1. The van der Waals surface area contributed by atoms with Crippen molar-refractivity contribution in [1.29, 1.82) is 0 Å². The Morgan fingerprint density at radius 3 is 2.71 bits per heavy atom. The monoisotopic (exact) mass is 487 g/mol. The SMILES string of the molecule is CC1(C)OC(=O)c2ccc(N(CCCC3CCCC3)C(=O)C3=CCC(Br)C=C3)cc2O1. The Kier molecular flexibility index (Phi) is 6.56. The summed E-state index contributed by atoms with van der Waals surface area (Å²) in [6.07, 6.45) is 14.0. The van der Waals surface area contributed by atoms with Gasteiger partial charge in [0.2, 0.25) is 5.79 Å². The number of carbonyl (C=O) groups is 2. The summed E-state index contributed by atoms with van der Waals surface area (Å²) in [6.45, 7) is 4.06. The van der Waals surface area contributed by atoms with E-state index >= 15 is 0 Å². The number of esters is 1. The Morgan fingerprint density at radius 1 is 1.23 bits per heavy atom. The summed E-state index contributed by atoms with van der Waals surface area (Å²) in [5.41, 5.74) is 1.84. The average Bonchev–Trinajstić information content (AvgIpc) is 3.23. The molecule has 2 aliphatic carbocycles. The van der Waals surface area contributed by atoms with Crippen molar-refractivity contribution in [1.82, 2.24) is 0 Å². The summed E-state index contributed by atoms with van der Waals surface area (Å²) in [7, 11) is 0. The van der Waals surface area contributed by atoms with Gasteiger partial charge in [-0.2, -0.15) is 0 Å². The van der Waals surface area contributed by atoms with Crippen LogP contribution in [0.25, 0.3) is 0 Å². The molecule has 31 heavy (non-hydrogen) atoms. The number of allylic oxidation sites excluding steroid dienone is 2. The minimum absolute atomic E-state index is 0.0142. The normalized spacial score (nSPS) is 22.4. The van der Waals surface area contributed by atoms with Crippen LogP contribution in [0.2, 0.25) is 0 Å². The Labute approximate surface area is 192 Å². The average molecular weight is 488 g/mol. The maximum atomic E-state index is 13.5. The van der Waals surface area contributed by atoms with Gasteiger partial charge in [-0.3, -0.25) is 4.79 Å². The van der Waals surface area contributed by atoms with Crippen LogP contribution in [0.4, 0.5) is 5.69 Å². The molecule has 5 nitrogen and oxygen atoms in total. The van der Waals surface area contributed by atoms with Gasteiger partial charge < -0.3 is 14.4 Å². The van der Waals surface area contributed by atoms with Gasteiger partial charge >= 0.3 is 5.97 Å². The Bertz CT molecular complexity index is 914. The van der Waals surface area contributed by atoms with Crippen molar-refractivity contribution < 1.29 is 19.1 Å². The van der Waals surface area contributed by atoms with Crippen molar-refractivity contribution in [2.75, 3.05) is 11.4 Å². The van der Waals surface area contributed by atoms with Crippen LogP contribution in [0.15, 0.2) is 42.0 Å². The highest BCUT2D eigenvalue weighted by atomic mass is 79.9. The van der Waals surface area contributed by atoms with Crippen molar-refractivity contribution in [2.24, 2.45) is 5.92 Å². The Balaban J connectivity index is 1.58. The molecule has 6 heteroatoms. The van der Waals surface area contributed by atoms with Gasteiger partial charge in [0, 0.05) is 42.5 Å². The first-order chi connectivity index (χ1) is 14.8. The predicted molar refractivity (Wildman–Crippen MR) is 125 cm³/mol. The van der Waals surface area contributed by atoms with Crippen LogP contribution in [0.5, 0.6) is 5.75 Å². The summed E-state index contributed by atoms with van der Waals surface area (Å²) in [5.74, 6) is -0.208. The van der Waals surface area contributed by atoms with E-state index in [1.807, 2.05) is 29.2 Å². The lowest BCUT2D eigenvalue weighted by Crippen LogP contribution is -2.39. The zero-order chi connectivity index (χ0) is 22.0. The van der Waals surface area contributed by atoms with Crippen LogP contribution in [0, 0.1) is 5.92 Å². The van der Waals surface area contributed by atoms with Crippen LogP contribution < -0.4 is 9.64 Å². The molecule has 1 saturated carbocycles. The second kappa shape index (κ2) is 9.19. The van der Waals surface area contributed by atoms with Gasteiger partial charge in [-0.15, -0.1) is 0 Å². The summed E-state index contributed by atoms with van der Waals surface area (Å²) in [6, 6.07) is 5.31. The first-order valence-electron chi connectivity index (χ1n) is 11.2.